The number of hydrogen-bond donors (Lipinski definition) is 15. The van der Waals surface area contributed by atoms with E-state index in [-0.39, 0.29) is 76.1 Å². The molecule has 0 aliphatic carbocycles. The van der Waals surface area contributed by atoms with E-state index in [0.29, 0.717) is 27.6 Å². The van der Waals surface area contributed by atoms with Crippen LogP contribution in [-0.2, 0) is 101 Å². The van der Waals surface area contributed by atoms with Crippen LogP contribution in [0.15, 0.2) is 85.1 Å². The molecule has 4 saturated heterocycles. The zero-order valence-corrected chi connectivity index (χ0v) is 59.1. The predicted octanol–water partition coefficient (Wildman–Crippen LogP) is -1.39. The van der Waals surface area contributed by atoms with Crippen LogP contribution in [0.3, 0.4) is 0 Å². The first kappa shape index (κ1) is 79.7. The Labute approximate surface area is 605 Å². The molecule has 1 aromatic heterocycles. The Morgan fingerprint density at radius 1 is 0.619 bits per heavy atom. The van der Waals surface area contributed by atoms with Crippen LogP contribution in [-0.4, -0.2) is 207 Å². The van der Waals surface area contributed by atoms with E-state index in [4.69, 9.17) is 15.2 Å². The van der Waals surface area contributed by atoms with Gasteiger partial charge < -0.3 is 93.8 Å². The Bertz CT molecular complexity index is 3850. The number of aromatic amines is 1. The smallest absolute Gasteiger partial charge is 0.326 e. The molecule has 0 radical (unpaired) electrons. The van der Waals surface area contributed by atoms with Gasteiger partial charge >= 0.3 is 17.9 Å². The minimum absolute atomic E-state index is 0.0394. The quantitative estimate of drug-likeness (QED) is 0.0646. The molecule has 8 rings (SSSR count). The summed E-state index contributed by atoms with van der Waals surface area (Å²) in [6.07, 6.45) is -4.69. The number of carbonyl (C=O) groups is 15. The van der Waals surface area contributed by atoms with Gasteiger partial charge in [0.15, 0.2) is 0 Å². The highest BCUT2D eigenvalue weighted by Crippen LogP contribution is 2.24. The van der Waals surface area contributed by atoms with Crippen molar-refractivity contribution in [1.82, 2.24) is 68.4 Å². The molecule has 4 fully saturated rings. The fraction of sp³-hybridized carbons (Fsp3) is 0.514. The maximum Gasteiger partial charge on any atom is 0.326 e. The molecule has 13 atom stereocenters. The number of nitrogens with zero attached hydrogens (tertiary/aromatic N) is 1. The van der Waals surface area contributed by atoms with Gasteiger partial charge in [-0.2, -0.15) is 0 Å². The predicted molar refractivity (Wildman–Crippen MR) is 374 cm³/mol. The number of para-hydroxylation sites is 1. The van der Waals surface area contributed by atoms with Gasteiger partial charge in [0.05, 0.1) is 12.5 Å². The first-order valence-corrected chi connectivity index (χ1v) is 35.3. The maximum absolute atomic E-state index is 15.3. The normalized spacial score (nSPS) is 25.8. The van der Waals surface area contributed by atoms with Gasteiger partial charge in [-0.25, -0.2) is 4.79 Å². The molecule has 4 aliphatic rings. The summed E-state index contributed by atoms with van der Waals surface area (Å²) in [5, 5.41) is 49.7. The monoisotopic (exact) mass is 1460 g/mol. The number of nitrogens with two attached hydrogens (primary N) is 1. The van der Waals surface area contributed by atoms with Crippen molar-refractivity contribution in [3.8, 4) is 5.75 Å². The van der Waals surface area contributed by atoms with Crippen molar-refractivity contribution in [2.45, 2.75) is 203 Å². The molecular weight excluding hydrogens is 1360 g/mol. The number of carbonyl (C=O) groups excluding carboxylic acids is 14. The lowest BCUT2D eigenvalue weighted by Gasteiger charge is -2.31. The number of esters is 2. The minimum Gasteiger partial charge on any atom is -0.508 e. The van der Waals surface area contributed by atoms with E-state index in [1.807, 2.05) is 0 Å². The number of ether oxygens (including phenoxy) is 2. The number of aliphatic carboxylic acids is 1. The molecule has 33 nitrogen and oxygen atoms in total. The Kier molecular flexibility index (Phi) is 28.4. The average Bonchev–Trinajstić information content (AvgIpc) is 1.74. The number of fused-ring (bicyclic) bond motifs is 13. The second-order valence-electron chi connectivity index (χ2n) is 27.6. The SMILES string of the molecule is CC(C)CC1NC(=O)C(NC(=O)C(N)C(C)C)C(C)OC(=O)CC2NC(=O)C3COC(=O)CCC(NC(=O)C(Cc4c[nH]c5ccccc45)NC2=O)C(=O)NC(C(=O)NC(Cc2ccccc2)C(=O)O)CCC(=O)NCCCCC(NC1=O)C(=O)NC(Cc1ccc(O)cc1)C(=O)N1CCCC1C(=O)N3. The molecule has 16 N–H and O–H groups in total. The average molecular weight is 1460 g/mol. The maximum atomic E-state index is 15.3. The van der Waals surface area contributed by atoms with Crippen molar-refractivity contribution in [3.05, 3.63) is 102 Å². The highest BCUT2D eigenvalue weighted by Gasteiger charge is 2.43. The summed E-state index contributed by atoms with van der Waals surface area (Å²) in [7, 11) is 0. The second kappa shape index (κ2) is 37.4. The highest BCUT2D eigenvalue weighted by atomic mass is 16.5. The van der Waals surface area contributed by atoms with E-state index in [1.54, 1.807) is 82.3 Å². The van der Waals surface area contributed by atoms with Crippen molar-refractivity contribution >= 4 is 99.7 Å². The number of H-pyrrole nitrogens is 1. The van der Waals surface area contributed by atoms with Gasteiger partial charge in [0, 0.05) is 62.3 Å². The largest absolute Gasteiger partial charge is 0.508 e. The lowest BCUT2D eigenvalue weighted by atomic mass is 10.00. The van der Waals surface area contributed by atoms with Crippen LogP contribution in [0.4, 0.5) is 0 Å². The van der Waals surface area contributed by atoms with Crippen LogP contribution in [0.1, 0.15) is 122 Å². The number of cyclic esters (lactones) is 1. The molecule has 13 unspecified atom stereocenters. The van der Waals surface area contributed by atoms with Gasteiger partial charge in [-0.3, -0.25) is 67.1 Å². The zero-order chi connectivity index (χ0) is 76.2. The number of benzene rings is 3. The van der Waals surface area contributed by atoms with Crippen LogP contribution in [0.2, 0.25) is 0 Å². The van der Waals surface area contributed by atoms with Gasteiger partial charge in [-0.05, 0) is 105 Å². The number of phenols is 1. The van der Waals surface area contributed by atoms with Crippen molar-refractivity contribution in [2.24, 2.45) is 17.6 Å². The van der Waals surface area contributed by atoms with Crippen LogP contribution >= 0.6 is 0 Å². The fourth-order valence-corrected chi connectivity index (χ4v) is 12.7. The van der Waals surface area contributed by atoms with Crippen molar-refractivity contribution < 1.29 is 91.6 Å². The zero-order valence-electron chi connectivity index (χ0n) is 59.1. The summed E-state index contributed by atoms with van der Waals surface area (Å²) in [5.74, 6) is -17.4. The first-order chi connectivity index (χ1) is 50.0. The van der Waals surface area contributed by atoms with Gasteiger partial charge in [0.1, 0.15) is 84.9 Å². The molecule has 3 aromatic carbocycles. The van der Waals surface area contributed by atoms with E-state index in [1.165, 1.54) is 37.4 Å². The van der Waals surface area contributed by atoms with E-state index in [9.17, 15) is 53.4 Å². The van der Waals surface area contributed by atoms with Gasteiger partial charge in [0.2, 0.25) is 70.9 Å². The van der Waals surface area contributed by atoms with E-state index >= 15 is 28.8 Å². The molecule has 566 valence electrons. The lowest BCUT2D eigenvalue weighted by molar-refractivity contribution is -0.154. The number of aromatic nitrogens is 1. The highest BCUT2D eigenvalue weighted by molar-refractivity contribution is 6.01. The minimum atomic E-state index is -2.14. The standard InChI is InChI=1S/C72H94N14O19/c1-37(2)30-49-64(94)76-46-18-11-12-28-74-56(88)26-24-47(63(93)83-53(72(102)103)32-40-14-7-6-8-15-40)77-62(92)48-25-27-57(89)104-36-54(84-68(98)55-19-13-29-86(55)71(101)52(82-61(46)91)31-41-20-22-43(87)23-21-41)67(97)80-51(34-58(90)105-39(5)60(70(100)81-49)85-69(99)59(73)38(3)4)66(96)79-50(65(95)78-48)33-42-35-75-45-17-10-9-16-44(42)45/h6-10,14-17,20-23,35,37-39,46-55,59-60,75,87H,11-13,18-19,24-34,36,73H2,1-5H3,(H,74,88)(H,76,94)(H,77,92)(H,78,95)(H,79,96)(H,80,97)(H,81,100)(H,82,91)(H,83,93)(H,84,98)(H,85,99)(H,102,103). The van der Waals surface area contributed by atoms with Crippen LogP contribution in [0.25, 0.3) is 10.9 Å². The summed E-state index contributed by atoms with van der Waals surface area (Å²) in [5.41, 5.74) is 8.18. The third-order valence-corrected chi connectivity index (χ3v) is 18.7. The molecule has 4 aromatic rings. The Hall–Kier alpha value is -11.0. The van der Waals surface area contributed by atoms with Crippen LogP contribution < -0.4 is 64.2 Å². The topological polar surface area (TPSA) is 492 Å². The van der Waals surface area contributed by atoms with Crippen molar-refractivity contribution in [3.63, 3.8) is 0 Å². The second-order valence-corrected chi connectivity index (χ2v) is 27.6. The number of rotatable bonds is 14. The number of aromatic hydroxyl groups is 1. The van der Waals surface area contributed by atoms with Crippen molar-refractivity contribution in [1.29, 1.82) is 0 Å². The molecule has 105 heavy (non-hydrogen) atoms. The van der Waals surface area contributed by atoms with Crippen LogP contribution in [0.5, 0.6) is 5.75 Å². The van der Waals surface area contributed by atoms with E-state index in [0.717, 1.165) is 4.90 Å². The first-order valence-electron chi connectivity index (χ1n) is 35.3. The molecule has 0 spiro atoms. The summed E-state index contributed by atoms with van der Waals surface area (Å²) in [6, 6.07) is 0.485. The van der Waals surface area contributed by atoms with Crippen LogP contribution in [0, 0.1) is 11.8 Å². The fourth-order valence-electron chi connectivity index (χ4n) is 12.7. The molecule has 5 heterocycles. The third kappa shape index (κ3) is 22.8. The molecule has 4 bridgehead atoms. The summed E-state index contributed by atoms with van der Waals surface area (Å²) in [6.45, 7) is 6.65. The number of carboxylic acid groups (broad SMARTS) is 1. The summed E-state index contributed by atoms with van der Waals surface area (Å²) < 4.78 is 11.5. The molecule has 12 amide bonds. The molecule has 0 saturated carbocycles. The number of phenolic OH excluding ortho intramolecular Hbond substituents is 1. The Morgan fingerprint density at radius 3 is 1.95 bits per heavy atom. The molecular formula is C72H94N14O19. The summed E-state index contributed by atoms with van der Waals surface area (Å²) in [4.78, 5) is 224. The Balaban J connectivity index is 1.29. The molecule has 33 heteroatoms. The van der Waals surface area contributed by atoms with E-state index < -0.39 is 218 Å². The van der Waals surface area contributed by atoms with E-state index in [2.05, 4.69) is 63.5 Å². The van der Waals surface area contributed by atoms with Gasteiger partial charge in [-0.1, -0.05) is 88.4 Å². The van der Waals surface area contributed by atoms with Gasteiger partial charge in [-0.15, -0.1) is 0 Å². The Morgan fingerprint density at radius 2 is 1.25 bits per heavy atom. The van der Waals surface area contributed by atoms with Gasteiger partial charge in [0.25, 0.3) is 0 Å². The number of carboxylic acids is 1. The number of amides is 12. The lowest BCUT2D eigenvalue weighted by Crippen LogP contribution is -2.61. The summed E-state index contributed by atoms with van der Waals surface area (Å²) >= 11 is 0. The third-order valence-electron chi connectivity index (χ3n) is 18.7. The molecule has 4 aliphatic heterocycles. The number of hydrogen-bond acceptors (Lipinski definition) is 19. The van der Waals surface area contributed by atoms with Crippen molar-refractivity contribution in [2.75, 3.05) is 19.7 Å². The number of nitrogens with one attached hydrogen (secondary N) is 12.